The van der Waals surface area contributed by atoms with E-state index in [1.54, 1.807) is 115 Å². The lowest BCUT2D eigenvalue weighted by atomic mass is 9.81. The van der Waals surface area contributed by atoms with Crippen LogP contribution in [0.1, 0.15) is 126 Å². The third-order valence-electron chi connectivity index (χ3n) is 15.3. The summed E-state index contributed by atoms with van der Waals surface area (Å²) in [6, 6.07) is 33.7. The van der Waals surface area contributed by atoms with Crippen LogP contribution in [0.4, 0.5) is 32.8 Å². The summed E-state index contributed by atoms with van der Waals surface area (Å²) in [5.74, 6) is -7.12. The first-order chi connectivity index (χ1) is 49.5. The molecule has 0 saturated heterocycles. The molecule has 4 aromatic heterocycles. The van der Waals surface area contributed by atoms with Crippen LogP contribution in [-0.2, 0) is 84.1 Å². The van der Waals surface area contributed by atoms with Crippen molar-refractivity contribution in [3.8, 4) is 28.6 Å². The zero-order valence-electron chi connectivity index (χ0n) is 57.2. The number of aliphatic imine (C=N–C) groups is 1. The minimum Gasteiger partial charge on any atom is -0.424 e. The molecule has 104 heavy (non-hydrogen) atoms. The molecule has 6 aromatic carbocycles. The van der Waals surface area contributed by atoms with Crippen molar-refractivity contribution < 1.29 is 88.4 Å². The number of aliphatic hydroxyl groups excluding tert-OH is 1. The SMILES string of the molecule is C=Nc1ccc(-c2csc([C@H](C)C(Cn3cncn3)(OC(=O)OCOC(=O)c3ccc(COP(=O)(OC(C)(C)C)OC(C)(C)C)cc3)c3ccc(F)cc3F)n2)cc1.C[C@@H](c1nc(-c2ccc(C#N)cc2)cs1)C(Cn1cncn1)(OC(=O)OCOC(=O)c1ccc(CO)cc1)c1ccc(F)cc1F. The molecule has 0 bridgehead atoms. The second-order valence-corrected chi connectivity index (χ2v) is 28.3. The van der Waals surface area contributed by atoms with E-state index in [1.165, 1.54) is 99.8 Å². The van der Waals surface area contributed by atoms with E-state index in [1.807, 2.05) is 12.1 Å². The number of phosphoric ester groups is 1. The maximum Gasteiger partial charge on any atom is 0.512 e. The van der Waals surface area contributed by atoms with Gasteiger partial charge < -0.3 is 33.5 Å². The largest absolute Gasteiger partial charge is 0.512 e. The van der Waals surface area contributed by atoms with Crippen molar-refractivity contribution in [1.82, 2.24) is 39.5 Å². The second-order valence-electron chi connectivity index (χ2n) is 25.0. The number of aromatic nitrogens is 8. The fourth-order valence-electron chi connectivity index (χ4n) is 10.3. The molecule has 2 unspecified atom stereocenters. The van der Waals surface area contributed by atoms with Crippen LogP contribution in [0.2, 0.25) is 0 Å². The lowest BCUT2D eigenvalue weighted by Gasteiger charge is -2.37. The van der Waals surface area contributed by atoms with E-state index in [9.17, 15) is 37.6 Å². The van der Waals surface area contributed by atoms with E-state index in [4.69, 9.17) is 57.2 Å². The number of aliphatic hydroxyl groups is 1. The molecule has 4 atom stereocenters. The number of hydrogen-bond acceptors (Lipinski definition) is 25. The van der Waals surface area contributed by atoms with Crippen LogP contribution < -0.4 is 0 Å². The van der Waals surface area contributed by atoms with Crippen LogP contribution in [0.25, 0.3) is 22.5 Å². The number of esters is 2. The highest BCUT2D eigenvalue weighted by molar-refractivity contribution is 7.48. The third kappa shape index (κ3) is 20.3. The van der Waals surface area contributed by atoms with Crippen LogP contribution in [0.3, 0.4) is 0 Å². The van der Waals surface area contributed by atoms with Gasteiger partial charge in [0.15, 0.2) is 11.2 Å². The van der Waals surface area contributed by atoms with Gasteiger partial charge in [-0.3, -0.25) is 18.6 Å². The van der Waals surface area contributed by atoms with Gasteiger partial charge in [-0.2, -0.15) is 15.5 Å². The molecule has 4 heterocycles. The molecule has 0 spiro atoms. The van der Waals surface area contributed by atoms with Crippen molar-refractivity contribution in [2.75, 3.05) is 13.6 Å². The number of ether oxygens (including phenoxy) is 6. The highest BCUT2D eigenvalue weighted by Gasteiger charge is 2.50. The first kappa shape index (κ1) is 77.4. The van der Waals surface area contributed by atoms with Crippen LogP contribution >= 0.6 is 30.5 Å². The number of benzene rings is 6. The molecule has 32 heteroatoms. The van der Waals surface area contributed by atoms with Gasteiger partial charge in [0.05, 0.1) is 89.2 Å². The van der Waals surface area contributed by atoms with Crippen LogP contribution in [0, 0.1) is 34.6 Å². The predicted molar refractivity (Wildman–Crippen MR) is 371 cm³/mol. The number of carbonyl (C=O) groups is 4. The minimum absolute atomic E-state index is 0.0956. The minimum atomic E-state index is -3.98. The Labute approximate surface area is 602 Å². The summed E-state index contributed by atoms with van der Waals surface area (Å²) in [7, 11) is -3.98. The van der Waals surface area contributed by atoms with Gasteiger partial charge in [-0.15, -0.1) is 22.7 Å². The Balaban J connectivity index is 0.000000248. The molecule has 0 fully saturated rings. The van der Waals surface area contributed by atoms with Crippen molar-refractivity contribution in [2.45, 2.75) is 116 Å². The summed E-state index contributed by atoms with van der Waals surface area (Å²) >= 11 is 2.46. The van der Waals surface area contributed by atoms with Gasteiger partial charge in [0.2, 0.25) is 13.6 Å². The van der Waals surface area contributed by atoms with Gasteiger partial charge in [0, 0.05) is 45.1 Å². The number of carbonyl (C=O) groups excluding carboxylic acids is 4. The Morgan fingerprint density at radius 2 is 1.03 bits per heavy atom. The number of thiazole rings is 2. The smallest absolute Gasteiger partial charge is 0.424 e. The molecule has 10 aromatic rings. The average molecular weight is 1490 g/mol. The number of halogens is 4. The van der Waals surface area contributed by atoms with E-state index in [2.05, 4.69) is 37.9 Å². The fourth-order valence-corrected chi connectivity index (χ4v) is 14.0. The van der Waals surface area contributed by atoms with E-state index >= 15 is 8.78 Å². The molecule has 0 aliphatic rings. The Hall–Kier alpha value is -10.7. The highest BCUT2D eigenvalue weighted by Crippen LogP contribution is 2.56. The summed E-state index contributed by atoms with van der Waals surface area (Å²) in [6.07, 6.45) is 2.53. The lowest BCUT2D eigenvalue weighted by molar-refractivity contribution is -0.0893. The maximum absolute atomic E-state index is 15.8. The van der Waals surface area contributed by atoms with Gasteiger partial charge in [0.25, 0.3) is 0 Å². The molecular formula is C72H69F4N10O15PS2. The molecule has 542 valence electrons. The standard InChI is InChI=1S/C40H44F2N5O9PS.C32H25F2N5O6S/c1-26(35-46-34(21-58-35)28-13-16-31(43-8)17-14-28)40(22-47-24-44-23-45-47,32-18-15-30(41)19-33(32)42)54-37(49)52-25-51-36(48)29-11-9-27(10-12-29)20-53-57(50,55-38(2,3)4)56-39(5,6)7;1-20(29-38-28(15-46-29)23-6-2-21(13-35)3-7-23)32(16-39-18-36-17-37-39,26-11-10-25(33)12-27(26)34)45-31(42)44-19-43-30(41)24-8-4-22(14-40)5-9-24/h9-19,21,23-24,26H,8,20,22,25H2,1-7H3;2-12,15,17-18,20,40H,14,16,19H2,1H3/t26-,40?;20-,32?/m00/s1. The van der Waals surface area contributed by atoms with Gasteiger partial charge in [-0.25, -0.2) is 70.6 Å². The lowest BCUT2D eigenvalue weighted by Crippen LogP contribution is -2.43. The topological polar surface area (TPSA) is 312 Å². The van der Waals surface area contributed by atoms with Crippen molar-refractivity contribution >= 4 is 67.2 Å². The summed E-state index contributed by atoms with van der Waals surface area (Å²) in [4.78, 5) is 73.4. The van der Waals surface area contributed by atoms with Crippen LogP contribution in [0.5, 0.6) is 0 Å². The first-order valence-electron chi connectivity index (χ1n) is 31.6. The zero-order chi connectivity index (χ0) is 75.0. The van der Waals surface area contributed by atoms with Gasteiger partial charge >= 0.3 is 32.1 Å². The molecule has 0 amide bonds. The van der Waals surface area contributed by atoms with Crippen LogP contribution in [-0.4, -0.2) is 100 Å². The Bertz CT molecular complexity index is 4670. The molecule has 0 aliphatic carbocycles. The van der Waals surface area contributed by atoms with E-state index < -0.39 is 103 Å². The molecule has 25 nitrogen and oxygen atoms in total. The molecule has 0 radical (unpaired) electrons. The molecule has 0 aliphatic heterocycles. The van der Waals surface area contributed by atoms with Crippen LogP contribution in [0.15, 0.2) is 175 Å². The number of phosphoric acid groups is 1. The van der Waals surface area contributed by atoms with Crippen molar-refractivity contribution in [1.29, 1.82) is 5.26 Å². The third-order valence-corrected chi connectivity index (χ3v) is 19.4. The van der Waals surface area contributed by atoms with Gasteiger partial charge in [0.1, 0.15) is 58.6 Å². The molecule has 0 saturated carbocycles. The normalized spacial score (nSPS) is 13.3. The first-order valence-corrected chi connectivity index (χ1v) is 34.8. The quantitative estimate of drug-likeness (QED) is 0.0125. The summed E-state index contributed by atoms with van der Waals surface area (Å²) in [5, 5.41) is 31.0. The monoisotopic (exact) mass is 1480 g/mol. The molecule has 10 rings (SSSR count). The summed E-state index contributed by atoms with van der Waals surface area (Å²) in [6.45, 7) is 14.6. The number of nitrogens with zero attached hydrogens (tertiary/aromatic N) is 10. The number of hydrogen-bond donors (Lipinski definition) is 1. The van der Waals surface area contributed by atoms with Crippen molar-refractivity contribution in [3.05, 3.63) is 242 Å². The van der Waals surface area contributed by atoms with Gasteiger partial charge in [-0.1, -0.05) is 62.4 Å². The highest BCUT2D eigenvalue weighted by atomic mass is 32.1. The summed E-state index contributed by atoms with van der Waals surface area (Å²) < 4.78 is 125. The van der Waals surface area contributed by atoms with Crippen molar-refractivity contribution in [3.63, 3.8) is 0 Å². The Kier molecular flexibility index (Phi) is 25.4. The summed E-state index contributed by atoms with van der Waals surface area (Å²) in [5.41, 5.74) is -0.721. The van der Waals surface area contributed by atoms with E-state index in [-0.39, 0.29) is 48.6 Å². The predicted octanol–water partition coefficient (Wildman–Crippen LogP) is 15.6. The average Bonchev–Trinajstić information content (AvgIpc) is 1.26. The van der Waals surface area contributed by atoms with Crippen molar-refractivity contribution in [2.24, 2.45) is 4.99 Å². The number of nitriles is 1. The molecular weight excluding hydrogens is 1420 g/mol. The Morgan fingerprint density at radius 1 is 0.606 bits per heavy atom. The molecule has 1 N–H and O–H groups in total. The second kappa shape index (κ2) is 34.1. The maximum atomic E-state index is 15.8. The van der Waals surface area contributed by atoms with E-state index in [0.29, 0.717) is 55.9 Å². The zero-order valence-corrected chi connectivity index (χ0v) is 59.7. The fraction of sp³-hybridized carbons (Fsp3) is 0.278. The Morgan fingerprint density at radius 3 is 1.40 bits per heavy atom. The van der Waals surface area contributed by atoms with E-state index in [0.717, 1.165) is 29.3 Å². The number of rotatable bonds is 27. The van der Waals surface area contributed by atoms with Gasteiger partial charge in [-0.05, 0) is 132 Å².